The van der Waals surface area contributed by atoms with Gasteiger partial charge >= 0.3 is 0 Å². The van der Waals surface area contributed by atoms with Gasteiger partial charge in [0.05, 0.1) is 15.2 Å². The monoisotopic (exact) mass is 580 g/mol. The van der Waals surface area contributed by atoms with Gasteiger partial charge in [0.1, 0.15) is 23.2 Å². The van der Waals surface area contributed by atoms with E-state index in [1.54, 1.807) is 6.92 Å². The molecule has 3 fully saturated rings. The Hall–Kier alpha value is -2.99. The number of aromatic nitrogens is 1. The summed E-state index contributed by atoms with van der Waals surface area (Å²) in [6.07, 6.45) is -1.20. The van der Waals surface area contributed by atoms with Crippen molar-refractivity contribution in [1.29, 1.82) is 0 Å². The van der Waals surface area contributed by atoms with Crippen molar-refractivity contribution in [1.82, 2.24) is 4.98 Å². The number of nitrogens with zero attached hydrogens (tertiary/aromatic N) is 1. The van der Waals surface area contributed by atoms with Crippen molar-refractivity contribution in [2.24, 2.45) is 11.8 Å². The highest BCUT2D eigenvalue weighted by Gasteiger charge is 2.64. The van der Waals surface area contributed by atoms with Gasteiger partial charge in [0.25, 0.3) is 5.91 Å². The molecule has 2 aromatic carbocycles. The number of aryl methyl sites for hydroxylation is 1. The molecular weight excluding hydrogens is 557 g/mol. The van der Waals surface area contributed by atoms with Crippen molar-refractivity contribution in [2.45, 2.75) is 48.0 Å². The number of sulfone groups is 1. The van der Waals surface area contributed by atoms with Crippen LogP contribution in [0.4, 0.5) is 18.9 Å². The molecule has 206 valence electrons. The summed E-state index contributed by atoms with van der Waals surface area (Å²) < 4.78 is 68.3. The lowest BCUT2D eigenvalue weighted by atomic mass is 9.51. The van der Waals surface area contributed by atoms with Gasteiger partial charge in [0.15, 0.2) is 21.5 Å². The van der Waals surface area contributed by atoms with Gasteiger partial charge in [-0.3, -0.25) is 9.78 Å². The quantitative estimate of drug-likeness (QED) is 0.387. The van der Waals surface area contributed by atoms with Crippen LogP contribution in [0.25, 0.3) is 0 Å². The first-order valence-corrected chi connectivity index (χ1v) is 14.1. The van der Waals surface area contributed by atoms with Gasteiger partial charge in [-0.15, -0.1) is 0 Å². The Morgan fingerprint density at radius 2 is 1.69 bits per heavy atom. The highest BCUT2D eigenvalue weighted by atomic mass is 35.5. The van der Waals surface area contributed by atoms with E-state index in [2.05, 4.69) is 10.3 Å². The molecule has 0 radical (unpaired) electrons. The highest BCUT2D eigenvalue weighted by Crippen LogP contribution is 2.60. The number of fused-ring (bicyclic) bond motifs is 2. The number of aliphatic hydroxyl groups is 2. The zero-order valence-electron chi connectivity index (χ0n) is 20.5. The van der Waals surface area contributed by atoms with E-state index in [4.69, 9.17) is 11.6 Å². The molecule has 3 atom stereocenters. The van der Waals surface area contributed by atoms with Gasteiger partial charge in [-0.05, 0) is 80.5 Å². The summed E-state index contributed by atoms with van der Waals surface area (Å²) in [7, 11) is -4.10. The summed E-state index contributed by atoms with van der Waals surface area (Å²) in [6, 6.07) is 9.06. The summed E-state index contributed by atoms with van der Waals surface area (Å²) in [5.41, 5.74) is -1.65. The largest absolute Gasteiger partial charge is 0.386 e. The first-order chi connectivity index (χ1) is 18.3. The number of hydrogen-bond acceptors (Lipinski definition) is 6. The van der Waals surface area contributed by atoms with Crippen LogP contribution in [-0.4, -0.2) is 40.4 Å². The Labute approximate surface area is 227 Å². The maximum atomic E-state index is 14.4. The van der Waals surface area contributed by atoms with Gasteiger partial charge in [-0.1, -0.05) is 11.6 Å². The van der Waals surface area contributed by atoms with Crippen molar-refractivity contribution in [3.05, 3.63) is 88.0 Å². The van der Waals surface area contributed by atoms with Gasteiger partial charge < -0.3 is 15.5 Å². The van der Waals surface area contributed by atoms with Crippen molar-refractivity contribution in [3.8, 4) is 0 Å². The van der Waals surface area contributed by atoms with Crippen LogP contribution in [0.2, 0.25) is 5.02 Å². The van der Waals surface area contributed by atoms with Crippen LogP contribution in [0.1, 0.15) is 47.1 Å². The number of halogens is 4. The standard InChI is InChI=1S/C27H24ClF3N2O5S/c1-13-2-6-21(30)24(32-13)25(34)27(36)15-9-16(27)11-18(10-15)39(37,38)23-8-14(3-5-19(23)28)26(35)33-17-4-7-20(29)22(31)12-17/h2-8,12,15-16,18,25,34,36H,9-11H2,1H3,(H,33,35). The fourth-order valence-corrected chi connectivity index (χ4v) is 8.09. The number of benzene rings is 2. The lowest BCUT2D eigenvalue weighted by molar-refractivity contribution is -0.235. The maximum Gasteiger partial charge on any atom is 0.255 e. The van der Waals surface area contributed by atoms with Crippen LogP contribution in [0.15, 0.2) is 53.4 Å². The van der Waals surface area contributed by atoms with E-state index >= 15 is 0 Å². The van der Waals surface area contributed by atoms with Crippen LogP contribution in [0.5, 0.6) is 0 Å². The fourth-order valence-electron chi connectivity index (χ4n) is 5.68. The topological polar surface area (TPSA) is 117 Å². The molecule has 3 N–H and O–H groups in total. The van der Waals surface area contributed by atoms with E-state index in [9.17, 15) is 36.6 Å². The molecule has 0 aliphatic heterocycles. The van der Waals surface area contributed by atoms with E-state index in [-0.39, 0.29) is 39.7 Å². The number of amides is 1. The number of carbonyl (C=O) groups excluding carboxylic acids is 1. The van der Waals surface area contributed by atoms with Gasteiger partial charge in [-0.25, -0.2) is 21.6 Å². The minimum Gasteiger partial charge on any atom is -0.386 e. The number of aliphatic hydroxyl groups excluding tert-OH is 1. The number of nitrogens with one attached hydrogen (secondary N) is 1. The molecule has 0 spiro atoms. The number of pyridine rings is 1. The summed E-state index contributed by atoms with van der Waals surface area (Å²) >= 11 is 6.23. The molecule has 3 unspecified atom stereocenters. The summed E-state index contributed by atoms with van der Waals surface area (Å²) in [5.74, 6) is -5.03. The van der Waals surface area contributed by atoms with E-state index < -0.39 is 62.0 Å². The predicted octanol–water partition coefficient (Wildman–Crippen LogP) is 4.75. The zero-order valence-corrected chi connectivity index (χ0v) is 22.1. The second-order valence-electron chi connectivity index (χ2n) is 10.1. The molecule has 39 heavy (non-hydrogen) atoms. The van der Waals surface area contributed by atoms with Gasteiger partial charge in [0.2, 0.25) is 0 Å². The summed E-state index contributed by atoms with van der Waals surface area (Å²) in [5, 5.41) is 23.6. The smallest absolute Gasteiger partial charge is 0.255 e. The molecule has 2 bridgehead atoms. The van der Waals surface area contributed by atoms with E-state index in [1.807, 2.05) is 0 Å². The van der Waals surface area contributed by atoms with Crippen LogP contribution < -0.4 is 5.32 Å². The third-order valence-corrected chi connectivity index (χ3v) is 10.5. The van der Waals surface area contributed by atoms with Crippen molar-refractivity contribution in [3.63, 3.8) is 0 Å². The molecule has 1 amide bonds. The Morgan fingerprint density at radius 1 is 1.03 bits per heavy atom. The van der Waals surface area contributed by atoms with Crippen molar-refractivity contribution >= 4 is 33.0 Å². The van der Waals surface area contributed by atoms with E-state index in [0.717, 1.165) is 30.3 Å². The lowest BCUT2D eigenvalue weighted by Gasteiger charge is -2.59. The highest BCUT2D eigenvalue weighted by molar-refractivity contribution is 7.92. The molecule has 3 aliphatic carbocycles. The SMILES string of the molecule is Cc1ccc(F)c(C(O)C2(O)C3CC2CC(S(=O)(=O)c2cc(C(=O)Nc4ccc(F)c(F)c4)ccc2Cl)C3)n1. The average Bonchev–Trinajstić information content (AvgIpc) is 2.91. The normalized spacial score (nSPS) is 25.1. The van der Waals surface area contributed by atoms with E-state index in [1.165, 1.54) is 18.2 Å². The Bertz CT molecular complexity index is 1570. The Kier molecular flexibility index (Phi) is 6.99. The Morgan fingerprint density at radius 3 is 2.36 bits per heavy atom. The van der Waals surface area contributed by atoms with Crippen molar-refractivity contribution in [2.75, 3.05) is 5.32 Å². The molecule has 1 aromatic heterocycles. The lowest BCUT2D eigenvalue weighted by Crippen LogP contribution is -2.64. The predicted molar refractivity (Wildman–Crippen MR) is 136 cm³/mol. The Balaban J connectivity index is 1.36. The summed E-state index contributed by atoms with van der Waals surface area (Å²) in [6.45, 7) is 1.62. The van der Waals surface area contributed by atoms with Gasteiger partial charge in [-0.2, -0.15) is 0 Å². The van der Waals surface area contributed by atoms with Crippen LogP contribution in [0.3, 0.4) is 0 Å². The first-order valence-electron chi connectivity index (χ1n) is 12.2. The minimum atomic E-state index is -4.10. The average molecular weight is 581 g/mol. The molecule has 6 rings (SSSR count). The third-order valence-electron chi connectivity index (χ3n) is 7.80. The molecule has 3 saturated carbocycles. The maximum absolute atomic E-state index is 14.4. The second-order valence-corrected chi connectivity index (χ2v) is 12.7. The van der Waals surface area contributed by atoms with E-state index in [0.29, 0.717) is 12.1 Å². The molecule has 0 saturated heterocycles. The molecule has 7 nitrogen and oxygen atoms in total. The molecule has 1 heterocycles. The number of anilines is 1. The minimum absolute atomic E-state index is 0.0125. The molecule has 12 heteroatoms. The number of carbonyl (C=O) groups is 1. The fraction of sp³-hybridized carbons (Fsp3) is 0.333. The van der Waals surface area contributed by atoms with Crippen LogP contribution >= 0.6 is 11.6 Å². The first kappa shape index (κ1) is 27.6. The molecule has 3 aliphatic rings. The molecular formula is C27H24ClF3N2O5S. The van der Waals surface area contributed by atoms with Crippen LogP contribution in [0, 0.1) is 36.2 Å². The summed E-state index contributed by atoms with van der Waals surface area (Å²) in [4.78, 5) is 16.5. The number of hydrogen-bond donors (Lipinski definition) is 3. The number of rotatable bonds is 6. The van der Waals surface area contributed by atoms with Gasteiger partial charge in [0, 0.05) is 23.0 Å². The third kappa shape index (κ3) is 4.71. The molecule has 3 aromatic rings. The van der Waals surface area contributed by atoms with Crippen molar-refractivity contribution < 1.29 is 36.6 Å². The second kappa shape index (κ2) is 9.88. The van der Waals surface area contributed by atoms with Crippen LogP contribution in [-0.2, 0) is 9.84 Å². The zero-order chi connectivity index (χ0) is 28.3.